The van der Waals surface area contributed by atoms with Crippen molar-refractivity contribution >= 4 is 5.97 Å². The van der Waals surface area contributed by atoms with Gasteiger partial charge in [-0.2, -0.15) is 13.2 Å². The molecule has 1 saturated heterocycles. The molecular formula is C21H27F3N4O3. The van der Waals surface area contributed by atoms with E-state index in [0.717, 1.165) is 31.6 Å². The summed E-state index contributed by atoms with van der Waals surface area (Å²) in [4.78, 5) is 11.6. The Labute approximate surface area is 178 Å². The van der Waals surface area contributed by atoms with E-state index in [1.807, 2.05) is 10.9 Å². The van der Waals surface area contributed by atoms with Crippen molar-refractivity contribution < 1.29 is 28.2 Å². The predicted octanol–water partition coefficient (Wildman–Crippen LogP) is 2.64. The second-order valence-electron chi connectivity index (χ2n) is 7.90. The number of piperidine rings is 1. The standard InChI is InChI=1S/C19H26N4O.C2HF3O2/c24-12-9-17-14-23(21-20-17)18-7-10-22(11-8-18)19-6-5-15-3-1-2-4-16(15)13-19;3-2(4,5)1(6)7/h1-4,14,18-19,24H,5-13H2;(H,6,7). The highest BCUT2D eigenvalue weighted by molar-refractivity contribution is 5.73. The van der Waals surface area contributed by atoms with Crippen LogP contribution in [0.15, 0.2) is 30.5 Å². The van der Waals surface area contributed by atoms with Crippen molar-refractivity contribution in [1.82, 2.24) is 19.9 Å². The first-order valence-corrected chi connectivity index (χ1v) is 10.4. The van der Waals surface area contributed by atoms with Crippen molar-refractivity contribution in [3.8, 4) is 0 Å². The number of aryl methyl sites for hydroxylation is 1. The number of benzene rings is 1. The largest absolute Gasteiger partial charge is 0.490 e. The summed E-state index contributed by atoms with van der Waals surface area (Å²) in [5.74, 6) is -2.76. The molecule has 31 heavy (non-hydrogen) atoms. The summed E-state index contributed by atoms with van der Waals surface area (Å²) in [5, 5.41) is 24.5. The van der Waals surface area contributed by atoms with Gasteiger partial charge in [0.2, 0.25) is 0 Å². The first-order chi connectivity index (χ1) is 14.8. The van der Waals surface area contributed by atoms with Crippen LogP contribution in [-0.4, -0.2) is 68.0 Å². The molecule has 0 spiro atoms. The Kier molecular flexibility index (Phi) is 7.66. The highest BCUT2D eigenvalue weighted by Gasteiger charge is 2.38. The first kappa shape index (κ1) is 23.2. The molecule has 0 radical (unpaired) electrons. The molecule has 1 atom stereocenters. The van der Waals surface area contributed by atoms with Crippen molar-refractivity contribution in [3.63, 3.8) is 0 Å². The van der Waals surface area contributed by atoms with Crippen molar-refractivity contribution in [2.24, 2.45) is 0 Å². The van der Waals surface area contributed by atoms with E-state index in [9.17, 15) is 13.2 Å². The zero-order chi connectivity index (χ0) is 22.4. The van der Waals surface area contributed by atoms with Gasteiger partial charge < -0.3 is 10.2 Å². The van der Waals surface area contributed by atoms with Gasteiger partial charge in [-0.3, -0.25) is 4.90 Å². The normalized spacial score (nSPS) is 19.9. The fraction of sp³-hybridized carbons (Fsp3) is 0.571. The summed E-state index contributed by atoms with van der Waals surface area (Å²) in [6.45, 7) is 2.43. The molecule has 7 nitrogen and oxygen atoms in total. The molecule has 1 aliphatic heterocycles. The fourth-order valence-electron chi connectivity index (χ4n) is 4.23. The van der Waals surface area contributed by atoms with Gasteiger partial charge in [0.15, 0.2) is 0 Å². The average Bonchev–Trinajstić information content (AvgIpc) is 3.22. The smallest absolute Gasteiger partial charge is 0.475 e. The highest BCUT2D eigenvalue weighted by Crippen LogP contribution is 2.29. The summed E-state index contributed by atoms with van der Waals surface area (Å²) >= 11 is 0. The molecule has 170 valence electrons. The van der Waals surface area contributed by atoms with E-state index in [1.54, 1.807) is 11.1 Å². The maximum atomic E-state index is 10.6. The molecule has 1 aliphatic carbocycles. The number of aliphatic hydroxyl groups excluding tert-OH is 1. The Morgan fingerprint density at radius 3 is 2.35 bits per heavy atom. The lowest BCUT2D eigenvalue weighted by Crippen LogP contribution is -2.44. The van der Waals surface area contributed by atoms with Crippen molar-refractivity contribution in [1.29, 1.82) is 0 Å². The summed E-state index contributed by atoms with van der Waals surface area (Å²) in [6.07, 6.45) is 3.50. The van der Waals surface area contributed by atoms with E-state index >= 15 is 0 Å². The Hall–Kier alpha value is -2.46. The number of aliphatic hydroxyl groups is 1. The van der Waals surface area contributed by atoms with Crippen LogP contribution in [0, 0.1) is 0 Å². The molecule has 1 unspecified atom stereocenters. The topological polar surface area (TPSA) is 91.5 Å². The number of rotatable bonds is 4. The Morgan fingerprint density at radius 2 is 1.74 bits per heavy atom. The van der Waals surface area contributed by atoms with Gasteiger partial charge in [0.1, 0.15) is 0 Å². The number of carboxylic acid groups (broad SMARTS) is 1. The van der Waals surface area contributed by atoms with E-state index in [4.69, 9.17) is 15.0 Å². The quantitative estimate of drug-likeness (QED) is 0.760. The van der Waals surface area contributed by atoms with Crippen LogP contribution in [0.2, 0.25) is 0 Å². The van der Waals surface area contributed by atoms with Crippen LogP contribution in [0.1, 0.15) is 42.1 Å². The van der Waals surface area contributed by atoms with Gasteiger partial charge in [0.05, 0.1) is 11.7 Å². The number of hydrogen-bond acceptors (Lipinski definition) is 5. The van der Waals surface area contributed by atoms with Gasteiger partial charge in [-0.1, -0.05) is 29.5 Å². The van der Waals surface area contributed by atoms with Gasteiger partial charge >= 0.3 is 12.1 Å². The number of aliphatic carboxylic acids is 1. The average molecular weight is 440 g/mol. The number of alkyl halides is 3. The zero-order valence-electron chi connectivity index (χ0n) is 17.1. The minimum absolute atomic E-state index is 0.139. The lowest BCUT2D eigenvalue weighted by atomic mass is 9.86. The number of aromatic nitrogens is 3. The molecule has 1 aromatic carbocycles. The lowest BCUT2D eigenvalue weighted by Gasteiger charge is -2.39. The summed E-state index contributed by atoms with van der Waals surface area (Å²) in [5.41, 5.74) is 3.98. The number of fused-ring (bicyclic) bond motifs is 1. The van der Waals surface area contributed by atoms with Crippen LogP contribution in [-0.2, 0) is 24.1 Å². The van der Waals surface area contributed by atoms with Crippen molar-refractivity contribution in [2.75, 3.05) is 19.7 Å². The van der Waals surface area contributed by atoms with E-state index in [2.05, 4.69) is 39.5 Å². The molecule has 2 aromatic rings. The van der Waals surface area contributed by atoms with Crippen LogP contribution >= 0.6 is 0 Å². The third kappa shape index (κ3) is 6.27. The lowest BCUT2D eigenvalue weighted by molar-refractivity contribution is -0.192. The Bertz CT molecular complexity index is 864. The maximum absolute atomic E-state index is 10.6. The van der Waals surface area contributed by atoms with Gasteiger partial charge in [0, 0.05) is 38.4 Å². The fourth-order valence-corrected chi connectivity index (χ4v) is 4.23. The van der Waals surface area contributed by atoms with Gasteiger partial charge in [-0.25, -0.2) is 9.48 Å². The number of hydrogen-bond donors (Lipinski definition) is 2. The number of carboxylic acids is 1. The molecular weight excluding hydrogens is 413 g/mol. The Morgan fingerprint density at radius 1 is 1.10 bits per heavy atom. The van der Waals surface area contributed by atoms with Crippen LogP contribution in [0.3, 0.4) is 0 Å². The number of likely N-dealkylation sites (tertiary alicyclic amines) is 1. The second-order valence-corrected chi connectivity index (χ2v) is 7.90. The minimum Gasteiger partial charge on any atom is -0.475 e. The van der Waals surface area contributed by atoms with Gasteiger partial charge in [-0.05, 0) is 43.2 Å². The third-order valence-corrected chi connectivity index (χ3v) is 5.88. The van der Waals surface area contributed by atoms with E-state index < -0.39 is 12.1 Å². The van der Waals surface area contributed by atoms with Crippen molar-refractivity contribution in [2.45, 2.75) is 56.8 Å². The van der Waals surface area contributed by atoms with Crippen LogP contribution in [0.4, 0.5) is 13.2 Å². The molecule has 1 aromatic heterocycles. The molecule has 10 heteroatoms. The molecule has 1 fully saturated rings. The summed E-state index contributed by atoms with van der Waals surface area (Å²) in [7, 11) is 0. The van der Waals surface area contributed by atoms with E-state index in [-0.39, 0.29) is 6.61 Å². The zero-order valence-corrected chi connectivity index (χ0v) is 17.1. The highest BCUT2D eigenvalue weighted by atomic mass is 19.4. The minimum atomic E-state index is -5.08. The van der Waals surface area contributed by atoms with Gasteiger partial charge in [0.25, 0.3) is 0 Å². The van der Waals surface area contributed by atoms with E-state index in [0.29, 0.717) is 18.5 Å². The third-order valence-electron chi connectivity index (χ3n) is 5.88. The van der Waals surface area contributed by atoms with Crippen LogP contribution in [0.25, 0.3) is 0 Å². The molecule has 0 bridgehead atoms. The second kappa shape index (κ2) is 10.2. The van der Waals surface area contributed by atoms with Gasteiger partial charge in [-0.15, -0.1) is 5.10 Å². The molecule has 2 heterocycles. The molecule has 2 N–H and O–H groups in total. The number of carbonyl (C=O) groups is 1. The number of halogens is 3. The summed E-state index contributed by atoms with van der Waals surface area (Å²) < 4.78 is 33.7. The molecule has 4 rings (SSSR count). The summed E-state index contributed by atoms with van der Waals surface area (Å²) in [6, 6.07) is 10.1. The predicted molar refractivity (Wildman–Crippen MR) is 107 cm³/mol. The van der Waals surface area contributed by atoms with Crippen LogP contribution in [0.5, 0.6) is 0 Å². The monoisotopic (exact) mass is 440 g/mol. The maximum Gasteiger partial charge on any atom is 0.490 e. The van der Waals surface area contributed by atoms with Crippen molar-refractivity contribution in [3.05, 3.63) is 47.3 Å². The molecule has 2 aliphatic rings. The SMILES string of the molecule is O=C(O)C(F)(F)F.OCCc1cn(C2CCN(C3CCc4ccccc4C3)CC2)nn1. The first-order valence-electron chi connectivity index (χ1n) is 10.4. The Balaban J connectivity index is 0.000000339. The molecule has 0 saturated carbocycles. The molecule has 0 amide bonds. The van der Waals surface area contributed by atoms with Crippen LogP contribution < -0.4 is 0 Å². The number of nitrogens with zero attached hydrogens (tertiary/aromatic N) is 4. The van der Waals surface area contributed by atoms with E-state index in [1.165, 1.54) is 19.3 Å².